The maximum absolute atomic E-state index is 11.5. The van der Waals surface area contributed by atoms with Crippen LogP contribution in [0.5, 0.6) is 0 Å². The lowest BCUT2D eigenvalue weighted by molar-refractivity contribution is -0.144. The Balaban J connectivity index is -0.000000825. The Labute approximate surface area is 312 Å². The number of ether oxygens (including phenoxy) is 2. The number of amides is 1. The van der Waals surface area contributed by atoms with Crippen LogP contribution < -0.4 is 5.32 Å². The number of aliphatic hydroxyl groups is 1. The van der Waals surface area contributed by atoms with E-state index in [-0.39, 0.29) is 68.6 Å². The maximum Gasteiger partial charge on any atom is 0.306 e. The van der Waals surface area contributed by atoms with Crippen molar-refractivity contribution in [3.63, 3.8) is 0 Å². The first kappa shape index (κ1) is 51.6. The number of thioether (sulfide) groups is 4. The van der Waals surface area contributed by atoms with Crippen LogP contribution in [0.25, 0.3) is 0 Å². The minimum absolute atomic E-state index is 0.000880. The highest BCUT2D eigenvalue weighted by atomic mass is 32.2. The smallest absolute Gasteiger partial charge is 0.306 e. The third-order valence-electron chi connectivity index (χ3n) is 5.28. The number of aliphatic hydroxyl groups excluding tert-OH is 1. The zero-order valence-electron chi connectivity index (χ0n) is 28.6. The van der Waals surface area contributed by atoms with Crippen LogP contribution in [-0.4, -0.2) is 129 Å². The lowest BCUT2D eigenvalue weighted by Gasteiger charge is -2.06. The highest BCUT2D eigenvalue weighted by molar-refractivity contribution is 8.03. The highest BCUT2D eigenvalue weighted by Gasteiger charge is 2.05. The molecule has 0 atom stereocenters. The molecule has 0 aliphatic rings. The molecule has 0 aliphatic heterocycles. The van der Waals surface area contributed by atoms with Gasteiger partial charge in [-0.15, -0.1) is 0 Å². The largest absolute Gasteiger partial charge is 0.481 e. The Morgan fingerprint density at radius 2 is 0.940 bits per heavy atom. The number of ketones is 2. The number of carboxylic acids is 2. The molecule has 0 radical (unpaired) electrons. The Kier molecular flexibility index (Phi) is 42.0. The monoisotopic (exact) mass is 783 g/mol. The van der Waals surface area contributed by atoms with Crippen molar-refractivity contribution < 1.29 is 58.4 Å². The molecule has 0 spiro atoms. The number of allylic oxidation sites excluding steroid dienone is 2. The van der Waals surface area contributed by atoms with Gasteiger partial charge in [-0.25, -0.2) is 0 Å². The minimum Gasteiger partial charge on any atom is -0.481 e. The van der Waals surface area contributed by atoms with Gasteiger partial charge >= 0.3 is 23.9 Å². The normalized spacial score (nSPS) is 9.78. The van der Waals surface area contributed by atoms with Gasteiger partial charge in [0, 0.05) is 65.5 Å². The van der Waals surface area contributed by atoms with Crippen molar-refractivity contribution in [1.82, 2.24) is 5.32 Å². The number of carbonyl (C=O) groups is 7. The molecule has 0 aromatic carbocycles. The summed E-state index contributed by atoms with van der Waals surface area (Å²) in [5, 5.41) is 27.4. The molecule has 0 heterocycles. The van der Waals surface area contributed by atoms with Crippen molar-refractivity contribution >= 4 is 88.4 Å². The van der Waals surface area contributed by atoms with Gasteiger partial charge in [-0.05, 0) is 31.1 Å². The van der Waals surface area contributed by atoms with E-state index >= 15 is 0 Å². The number of hydrogen-bond acceptors (Lipinski definition) is 14. The number of esters is 2. The fourth-order valence-corrected chi connectivity index (χ4v) is 6.68. The van der Waals surface area contributed by atoms with E-state index in [9.17, 15) is 33.6 Å². The Hall–Kier alpha value is -2.73. The van der Waals surface area contributed by atoms with Gasteiger partial charge in [-0.3, -0.25) is 33.6 Å². The van der Waals surface area contributed by atoms with Gasteiger partial charge in [-0.2, -0.15) is 47.0 Å². The van der Waals surface area contributed by atoms with Crippen molar-refractivity contribution in [2.45, 2.75) is 51.4 Å². The molecule has 286 valence electrons. The molecule has 0 aliphatic carbocycles. The van der Waals surface area contributed by atoms with Gasteiger partial charge in [0.1, 0.15) is 6.61 Å². The van der Waals surface area contributed by atoms with E-state index in [1.807, 2.05) is 0 Å². The van der Waals surface area contributed by atoms with Crippen molar-refractivity contribution in [2.24, 2.45) is 0 Å². The third-order valence-corrected chi connectivity index (χ3v) is 9.74. The topological polar surface area (TPSA) is 211 Å². The van der Waals surface area contributed by atoms with Gasteiger partial charge in [0.05, 0.1) is 38.8 Å². The number of rotatable bonds is 31. The van der Waals surface area contributed by atoms with Crippen LogP contribution in [0.3, 0.4) is 0 Å². The van der Waals surface area contributed by atoms with E-state index in [1.165, 1.54) is 12.2 Å². The molecule has 4 N–H and O–H groups in total. The zero-order chi connectivity index (χ0) is 38.3. The van der Waals surface area contributed by atoms with Crippen LogP contribution in [0.1, 0.15) is 51.4 Å². The molecule has 0 fully saturated rings. The fraction of sp³-hybridized carbons (Fsp3) is 0.606. The molecule has 1 amide bonds. The zero-order valence-corrected chi connectivity index (χ0v) is 31.9. The van der Waals surface area contributed by atoms with Crippen molar-refractivity contribution in [3.8, 4) is 0 Å². The molecule has 0 bridgehead atoms. The highest BCUT2D eigenvalue weighted by Crippen LogP contribution is 2.11. The van der Waals surface area contributed by atoms with Crippen LogP contribution in [0.15, 0.2) is 38.0 Å². The molecular weight excluding hydrogens is 731 g/mol. The average Bonchev–Trinajstić information content (AvgIpc) is 3.09. The molecule has 0 aromatic rings. The lowest BCUT2D eigenvalue weighted by Crippen LogP contribution is -2.26. The molecule has 0 unspecified atom stereocenters. The number of aliphatic carboxylic acids is 2. The maximum atomic E-state index is 11.5. The summed E-state index contributed by atoms with van der Waals surface area (Å²) in [5.41, 5.74) is 0. The van der Waals surface area contributed by atoms with E-state index < -0.39 is 11.9 Å². The van der Waals surface area contributed by atoms with Crippen molar-refractivity contribution in [3.05, 3.63) is 38.0 Å². The second kappa shape index (κ2) is 40.7. The van der Waals surface area contributed by atoms with Crippen LogP contribution in [0.2, 0.25) is 0 Å². The van der Waals surface area contributed by atoms with Crippen LogP contribution >= 0.6 is 47.0 Å². The number of carboxylic acid groups (broad SMARTS) is 2. The molecule has 17 heteroatoms. The van der Waals surface area contributed by atoms with E-state index in [2.05, 4.69) is 25.1 Å². The van der Waals surface area contributed by atoms with Crippen LogP contribution in [0, 0.1) is 0 Å². The summed E-state index contributed by atoms with van der Waals surface area (Å²) in [7, 11) is 0. The summed E-state index contributed by atoms with van der Waals surface area (Å²) in [5.74, 6) is 3.74. The first-order valence-electron chi connectivity index (χ1n) is 15.8. The van der Waals surface area contributed by atoms with Crippen molar-refractivity contribution in [1.29, 1.82) is 0 Å². The van der Waals surface area contributed by atoms with Crippen LogP contribution in [0.4, 0.5) is 0 Å². The molecule has 0 saturated heterocycles. The predicted octanol–water partition coefficient (Wildman–Crippen LogP) is 4.07. The van der Waals surface area contributed by atoms with Crippen LogP contribution in [-0.2, 0) is 43.0 Å². The molecular formula is C33H53NO12S4. The first-order chi connectivity index (χ1) is 23.9. The second-order valence-electron chi connectivity index (χ2n) is 9.44. The second-order valence-corrected chi connectivity index (χ2v) is 14.3. The van der Waals surface area contributed by atoms with E-state index in [0.717, 1.165) is 29.1 Å². The summed E-state index contributed by atoms with van der Waals surface area (Å²) in [6.45, 7) is 10.8. The Morgan fingerprint density at radius 3 is 1.32 bits per heavy atom. The van der Waals surface area contributed by atoms with E-state index in [0.29, 0.717) is 61.5 Å². The summed E-state index contributed by atoms with van der Waals surface area (Å²) in [6.07, 6.45) is 6.61. The molecule has 0 saturated carbocycles. The third kappa shape index (κ3) is 47.4. The Morgan fingerprint density at radius 1 is 0.540 bits per heavy atom. The summed E-state index contributed by atoms with van der Waals surface area (Å²) < 4.78 is 10.0. The standard InChI is InChI=1S/C19H29NO6S2.C8H14O4S2.C6H10O2/c1-3-16(21)6-5-10-25-18(23)7-12-27-14-15-28-13-8-19(24)26-11-9-20-17(22)4-2;9-7(10)1-3-13-5-6-14-4-2-8(11)12;1-2-6(8)4-3-5-7/h3-4H,1-2,5-15H2,(H,20,22);1-6H2,(H,9,10)(H,11,12);2,7H,1,3-5H2. The van der Waals surface area contributed by atoms with Gasteiger partial charge in [-0.1, -0.05) is 19.7 Å². The molecule has 13 nitrogen and oxygen atoms in total. The van der Waals surface area contributed by atoms with Gasteiger partial charge in [0.15, 0.2) is 11.6 Å². The fourth-order valence-electron chi connectivity index (χ4n) is 2.72. The molecule has 0 aromatic heterocycles. The quantitative estimate of drug-likeness (QED) is 0.0444. The van der Waals surface area contributed by atoms with E-state index in [1.54, 1.807) is 47.0 Å². The minimum atomic E-state index is -0.768. The SMILES string of the molecule is C=CC(=O)CCCO.C=CC(=O)CCCOC(=O)CCSCCSCCC(=O)OCCNC(=O)C=C.O=C(O)CCSCCSCCC(=O)O. The Bertz CT molecular complexity index is 945. The van der Waals surface area contributed by atoms with Crippen molar-refractivity contribution in [2.75, 3.05) is 72.4 Å². The number of nitrogens with one attached hydrogen (secondary N) is 1. The summed E-state index contributed by atoms with van der Waals surface area (Å²) in [6, 6.07) is 0. The average molecular weight is 784 g/mol. The predicted molar refractivity (Wildman–Crippen MR) is 204 cm³/mol. The summed E-state index contributed by atoms with van der Waals surface area (Å²) in [4.78, 5) is 75.5. The molecule has 50 heavy (non-hydrogen) atoms. The molecule has 0 rings (SSSR count). The van der Waals surface area contributed by atoms with Gasteiger partial charge in [0.2, 0.25) is 5.91 Å². The number of carbonyl (C=O) groups excluding carboxylic acids is 5. The lowest BCUT2D eigenvalue weighted by atomic mass is 10.2. The first-order valence-corrected chi connectivity index (χ1v) is 20.4. The van der Waals surface area contributed by atoms with Gasteiger partial charge in [0.25, 0.3) is 0 Å². The summed E-state index contributed by atoms with van der Waals surface area (Å²) >= 11 is 6.49. The van der Waals surface area contributed by atoms with Gasteiger partial charge < -0.3 is 30.1 Å². The van der Waals surface area contributed by atoms with E-state index in [4.69, 9.17) is 24.8 Å². The number of hydrogen-bond donors (Lipinski definition) is 4.